The van der Waals surface area contributed by atoms with Crippen LogP contribution in [0.4, 0.5) is 0 Å². The summed E-state index contributed by atoms with van der Waals surface area (Å²) in [5.74, 6) is -0.758. The Morgan fingerprint density at radius 3 is 2.77 bits per heavy atom. The summed E-state index contributed by atoms with van der Waals surface area (Å²) in [6, 6.07) is 7.79. The van der Waals surface area contributed by atoms with Gasteiger partial charge in [0.1, 0.15) is 0 Å². The first-order valence-electron chi connectivity index (χ1n) is 8.85. The van der Waals surface area contributed by atoms with E-state index in [0.29, 0.717) is 11.4 Å². The molecule has 0 atom stereocenters. The second kappa shape index (κ2) is 7.87. The number of rotatable bonds is 7. The number of carboxylic acid groups (broad SMARTS) is 1. The molecule has 0 saturated heterocycles. The number of carboxylic acids is 1. The molecule has 3 heterocycles. The van der Waals surface area contributed by atoms with E-state index < -0.39 is 5.97 Å². The number of nitrogens with zero attached hydrogens (tertiary/aromatic N) is 3. The van der Waals surface area contributed by atoms with Crippen LogP contribution in [0.1, 0.15) is 43.1 Å². The summed E-state index contributed by atoms with van der Waals surface area (Å²) in [7, 11) is 0. The topological polar surface area (TPSA) is 67.5 Å². The fourth-order valence-electron chi connectivity index (χ4n) is 3.30. The number of unbranched alkanes of at least 4 members (excludes halogenated alkanes) is 1. The number of fused-ring (bicyclic) bond motifs is 1. The molecule has 0 saturated carbocycles. The Kier molecular flexibility index (Phi) is 5.57. The molecule has 1 N–H and O–H groups in total. The molecule has 0 aromatic carbocycles. The summed E-state index contributed by atoms with van der Waals surface area (Å²) in [5, 5.41) is 14.3. The Bertz CT molecular complexity index is 950. The summed E-state index contributed by atoms with van der Waals surface area (Å²) < 4.78 is 1.98. The minimum Gasteiger partial charge on any atom is -0.481 e. The van der Waals surface area contributed by atoms with E-state index in [2.05, 4.69) is 24.0 Å². The van der Waals surface area contributed by atoms with Gasteiger partial charge in [-0.15, -0.1) is 0 Å². The van der Waals surface area contributed by atoms with Crippen LogP contribution in [0.5, 0.6) is 0 Å². The molecular formula is C20H22ClN3O2. The van der Waals surface area contributed by atoms with E-state index in [-0.39, 0.29) is 6.42 Å². The summed E-state index contributed by atoms with van der Waals surface area (Å²) >= 11 is 6.20. The second-order valence-corrected chi connectivity index (χ2v) is 6.81. The molecule has 6 heteroatoms. The van der Waals surface area contributed by atoms with Crippen molar-refractivity contribution in [1.29, 1.82) is 0 Å². The van der Waals surface area contributed by atoms with E-state index in [1.165, 1.54) is 0 Å². The highest BCUT2D eigenvalue weighted by molar-refractivity contribution is 6.30. The Morgan fingerprint density at radius 1 is 1.27 bits per heavy atom. The molecule has 136 valence electrons. The summed E-state index contributed by atoms with van der Waals surface area (Å²) in [5.41, 5.74) is 6.06. The van der Waals surface area contributed by atoms with Crippen molar-refractivity contribution in [3.05, 3.63) is 52.4 Å². The van der Waals surface area contributed by atoms with Gasteiger partial charge in [-0.2, -0.15) is 5.10 Å². The van der Waals surface area contributed by atoms with Gasteiger partial charge in [0, 0.05) is 28.9 Å². The fraction of sp³-hybridized carbons (Fsp3) is 0.350. The van der Waals surface area contributed by atoms with Gasteiger partial charge >= 0.3 is 5.97 Å². The van der Waals surface area contributed by atoms with Gasteiger partial charge in [-0.05, 0) is 62.4 Å². The molecule has 0 spiro atoms. The minimum atomic E-state index is -0.758. The molecule has 0 fully saturated rings. The van der Waals surface area contributed by atoms with Crippen molar-refractivity contribution in [3.63, 3.8) is 0 Å². The van der Waals surface area contributed by atoms with Crippen LogP contribution in [0.2, 0.25) is 5.02 Å². The van der Waals surface area contributed by atoms with E-state index in [1.807, 2.05) is 17.5 Å². The van der Waals surface area contributed by atoms with Gasteiger partial charge in [0.2, 0.25) is 0 Å². The van der Waals surface area contributed by atoms with Crippen LogP contribution in [0.25, 0.3) is 16.8 Å². The number of aromatic nitrogens is 3. The lowest BCUT2D eigenvalue weighted by molar-refractivity contribution is -0.137. The highest BCUT2D eigenvalue weighted by Gasteiger charge is 2.17. The van der Waals surface area contributed by atoms with E-state index in [9.17, 15) is 4.79 Å². The van der Waals surface area contributed by atoms with E-state index in [0.717, 1.165) is 53.0 Å². The molecule has 0 aliphatic rings. The predicted octanol–water partition coefficient (Wildman–Crippen LogP) is 4.72. The van der Waals surface area contributed by atoms with Crippen molar-refractivity contribution in [2.24, 2.45) is 0 Å². The molecule has 5 nitrogen and oxygen atoms in total. The third kappa shape index (κ3) is 3.73. The third-order valence-electron chi connectivity index (χ3n) is 4.59. The molecule has 0 amide bonds. The number of carbonyl (C=O) groups is 1. The van der Waals surface area contributed by atoms with E-state index in [1.54, 1.807) is 12.3 Å². The molecule has 3 aromatic rings. The predicted molar refractivity (Wildman–Crippen MR) is 103 cm³/mol. The van der Waals surface area contributed by atoms with Crippen molar-refractivity contribution < 1.29 is 9.90 Å². The Hall–Kier alpha value is -2.40. The molecule has 0 radical (unpaired) electrons. The second-order valence-electron chi connectivity index (χ2n) is 6.37. The lowest BCUT2D eigenvalue weighted by atomic mass is 9.97. The van der Waals surface area contributed by atoms with E-state index >= 15 is 0 Å². The summed E-state index contributed by atoms with van der Waals surface area (Å²) in [6.45, 7) is 4.11. The zero-order chi connectivity index (χ0) is 18.7. The zero-order valence-corrected chi connectivity index (χ0v) is 15.8. The van der Waals surface area contributed by atoms with Crippen LogP contribution in [-0.4, -0.2) is 25.7 Å². The van der Waals surface area contributed by atoms with Gasteiger partial charge in [-0.1, -0.05) is 18.5 Å². The van der Waals surface area contributed by atoms with Crippen molar-refractivity contribution >= 4 is 23.1 Å². The average Bonchev–Trinajstić information content (AvgIpc) is 3.00. The first-order chi connectivity index (χ1) is 12.5. The highest BCUT2D eigenvalue weighted by atomic mass is 35.5. The molecule has 3 aromatic heterocycles. The summed E-state index contributed by atoms with van der Waals surface area (Å²) in [4.78, 5) is 15.3. The standard InChI is InChI=1S/C20H22ClN3O2/c1-3-15-8-9-18-20(17-12-14(21)10-11-22-17)16(13(2)23-24(15)18)6-4-5-7-19(25)26/h8-12H,3-7H2,1-2H3,(H,25,26). The Balaban J connectivity index is 2.11. The Labute approximate surface area is 157 Å². The van der Waals surface area contributed by atoms with Crippen LogP contribution in [0.3, 0.4) is 0 Å². The van der Waals surface area contributed by atoms with Crippen LogP contribution in [-0.2, 0) is 17.6 Å². The molecular weight excluding hydrogens is 350 g/mol. The molecule has 0 unspecified atom stereocenters. The first-order valence-corrected chi connectivity index (χ1v) is 9.23. The molecule has 0 aliphatic heterocycles. The van der Waals surface area contributed by atoms with Gasteiger partial charge < -0.3 is 5.11 Å². The van der Waals surface area contributed by atoms with Crippen LogP contribution in [0, 0.1) is 6.92 Å². The lowest BCUT2D eigenvalue weighted by Crippen LogP contribution is -2.07. The van der Waals surface area contributed by atoms with Gasteiger partial charge in [0.25, 0.3) is 0 Å². The summed E-state index contributed by atoms with van der Waals surface area (Å²) in [6.07, 6.45) is 4.98. The molecule has 0 aliphatic carbocycles. The largest absolute Gasteiger partial charge is 0.481 e. The third-order valence-corrected chi connectivity index (χ3v) is 4.82. The van der Waals surface area contributed by atoms with Crippen LogP contribution in [0.15, 0.2) is 30.5 Å². The lowest BCUT2D eigenvalue weighted by Gasteiger charge is -2.15. The van der Waals surface area contributed by atoms with Gasteiger partial charge in [0.15, 0.2) is 0 Å². The average molecular weight is 372 g/mol. The normalized spacial score (nSPS) is 11.2. The maximum atomic E-state index is 10.8. The number of aryl methyl sites for hydroxylation is 2. The Morgan fingerprint density at radius 2 is 2.08 bits per heavy atom. The van der Waals surface area contributed by atoms with Gasteiger partial charge in [0.05, 0.1) is 16.9 Å². The monoisotopic (exact) mass is 371 g/mol. The van der Waals surface area contributed by atoms with Crippen molar-refractivity contribution in [2.45, 2.75) is 46.0 Å². The molecule has 0 bridgehead atoms. The SMILES string of the molecule is CCc1ccc2c(-c3cc(Cl)ccn3)c(CCCCC(=O)O)c(C)nn12. The number of pyridine rings is 1. The molecule has 26 heavy (non-hydrogen) atoms. The van der Waals surface area contributed by atoms with Crippen LogP contribution >= 0.6 is 11.6 Å². The van der Waals surface area contributed by atoms with Gasteiger partial charge in [-0.3, -0.25) is 9.78 Å². The number of aliphatic carboxylic acids is 1. The van der Waals surface area contributed by atoms with E-state index in [4.69, 9.17) is 21.8 Å². The fourth-order valence-corrected chi connectivity index (χ4v) is 3.46. The van der Waals surface area contributed by atoms with Gasteiger partial charge in [-0.25, -0.2) is 4.52 Å². The first kappa shape index (κ1) is 18.4. The molecule has 3 rings (SSSR count). The number of halogens is 1. The van der Waals surface area contributed by atoms with Crippen molar-refractivity contribution in [1.82, 2.24) is 14.6 Å². The van der Waals surface area contributed by atoms with Crippen molar-refractivity contribution in [3.8, 4) is 11.3 Å². The van der Waals surface area contributed by atoms with Crippen LogP contribution < -0.4 is 0 Å². The minimum absolute atomic E-state index is 0.185. The number of hydrogen-bond acceptors (Lipinski definition) is 3. The smallest absolute Gasteiger partial charge is 0.303 e. The van der Waals surface area contributed by atoms with Crippen molar-refractivity contribution in [2.75, 3.05) is 0 Å². The zero-order valence-electron chi connectivity index (χ0n) is 15.0. The number of hydrogen-bond donors (Lipinski definition) is 1. The quantitative estimate of drug-likeness (QED) is 0.610. The maximum absolute atomic E-state index is 10.8. The highest BCUT2D eigenvalue weighted by Crippen LogP contribution is 2.32. The maximum Gasteiger partial charge on any atom is 0.303 e.